The summed E-state index contributed by atoms with van der Waals surface area (Å²) in [6.07, 6.45) is -2.40. The van der Waals surface area contributed by atoms with Crippen LogP contribution in [0.25, 0.3) is 0 Å². The summed E-state index contributed by atoms with van der Waals surface area (Å²) in [7, 11) is 3.22. The van der Waals surface area contributed by atoms with Crippen LogP contribution in [0, 0.1) is 0 Å². The predicted molar refractivity (Wildman–Crippen MR) is 147 cm³/mol. The number of nitrogens with one attached hydrogen (secondary N) is 1. The molecule has 0 radical (unpaired) electrons. The molecular formula is C30H41NO9. The van der Waals surface area contributed by atoms with E-state index < -0.39 is 42.0 Å². The largest absolute Gasteiger partial charge is 0.497 e. The Morgan fingerprint density at radius 3 is 2.00 bits per heavy atom. The van der Waals surface area contributed by atoms with Crippen molar-refractivity contribution in [1.29, 1.82) is 0 Å². The number of carbonyl (C=O) groups is 2. The Morgan fingerprint density at radius 1 is 0.925 bits per heavy atom. The molecule has 1 saturated heterocycles. The zero-order valence-corrected chi connectivity index (χ0v) is 24.1. The van der Waals surface area contributed by atoms with E-state index >= 15 is 0 Å². The third-order valence-corrected chi connectivity index (χ3v) is 6.16. The number of alkyl carbamates (subject to hydrolysis) is 1. The Balaban J connectivity index is 1.74. The first kappa shape index (κ1) is 31.2. The van der Waals surface area contributed by atoms with Gasteiger partial charge in [-0.15, -0.1) is 0 Å². The van der Waals surface area contributed by atoms with E-state index in [1.807, 2.05) is 48.5 Å². The Morgan fingerprint density at radius 2 is 1.48 bits per heavy atom. The highest BCUT2D eigenvalue weighted by Gasteiger charge is 2.35. The van der Waals surface area contributed by atoms with E-state index in [-0.39, 0.29) is 26.2 Å². The normalized spacial score (nSPS) is 22.1. The van der Waals surface area contributed by atoms with Gasteiger partial charge >= 0.3 is 12.1 Å². The quantitative estimate of drug-likeness (QED) is 0.447. The molecule has 1 fully saturated rings. The van der Waals surface area contributed by atoms with Gasteiger partial charge in [-0.2, -0.15) is 0 Å². The van der Waals surface area contributed by atoms with Crippen LogP contribution in [0.15, 0.2) is 48.5 Å². The van der Waals surface area contributed by atoms with E-state index in [2.05, 4.69) is 5.32 Å². The molecule has 0 spiro atoms. The molecule has 40 heavy (non-hydrogen) atoms. The monoisotopic (exact) mass is 559 g/mol. The van der Waals surface area contributed by atoms with Gasteiger partial charge < -0.3 is 38.5 Å². The molecule has 0 unspecified atom stereocenters. The van der Waals surface area contributed by atoms with Gasteiger partial charge in [-0.05, 0) is 63.1 Å². The van der Waals surface area contributed by atoms with E-state index in [0.717, 1.165) is 22.6 Å². The molecule has 1 aliphatic rings. The summed E-state index contributed by atoms with van der Waals surface area (Å²) in [5, 5.41) is 2.60. The van der Waals surface area contributed by atoms with Crippen LogP contribution in [0.3, 0.4) is 0 Å². The lowest BCUT2D eigenvalue weighted by atomic mass is 10.1. The van der Waals surface area contributed by atoms with Crippen molar-refractivity contribution in [2.24, 2.45) is 0 Å². The smallest absolute Gasteiger partial charge is 0.408 e. The zero-order valence-electron chi connectivity index (χ0n) is 24.1. The predicted octanol–water partition coefficient (Wildman–Crippen LogP) is 4.42. The number of cyclic esters (lactones) is 1. The highest BCUT2D eigenvalue weighted by molar-refractivity contribution is 5.81. The van der Waals surface area contributed by atoms with Gasteiger partial charge in [0.05, 0.1) is 34.0 Å². The molecule has 0 aromatic heterocycles. The molecule has 10 heteroatoms. The average molecular weight is 560 g/mol. The van der Waals surface area contributed by atoms with Crippen LogP contribution in [-0.2, 0) is 41.7 Å². The van der Waals surface area contributed by atoms with Gasteiger partial charge in [0.2, 0.25) is 0 Å². The SMILES string of the molecule is COc1ccc(CO[C@H]2[C@H](C)OC(=O)[C@@H](NC(=O)OC(C)(C)C)CCOC[C@@H]2OCc2ccc(OC)cc2)cc1. The van der Waals surface area contributed by atoms with Crippen LogP contribution in [-0.4, -0.2) is 69.5 Å². The molecule has 3 rings (SSSR count). The molecule has 2 aromatic carbocycles. The first-order valence-corrected chi connectivity index (χ1v) is 13.3. The Bertz CT molecular complexity index is 1070. The first-order chi connectivity index (χ1) is 19.1. The van der Waals surface area contributed by atoms with Gasteiger partial charge in [0.25, 0.3) is 0 Å². The lowest BCUT2D eigenvalue weighted by Gasteiger charge is -2.33. The van der Waals surface area contributed by atoms with E-state index in [1.165, 1.54) is 0 Å². The second-order valence-corrected chi connectivity index (χ2v) is 10.5. The van der Waals surface area contributed by atoms with Gasteiger partial charge in [-0.1, -0.05) is 24.3 Å². The number of carbonyl (C=O) groups excluding carboxylic acids is 2. The Kier molecular flexibility index (Phi) is 11.6. The van der Waals surface area contributed by atoms with Crippen molar-refractivity contribution in [2.75, 3.05) is 27.4 Å². The molecule has 1 heterocycles. The second kappa shape index (κ2) is 14.9. The van der Waals surface area contributed by atoms with E-state index in [4.69, 9.17) is 33.2 Å². The van der Waals surface area contributed by atoms with Crippen LogP contribution in [0.1, 0.15) is 45.2 Å². The molecule has 1 amide bonds. The standard InChI is InChI=1S/C30H41NO9/c1-20-27(38-18-22-9-13-24(35-6)14-10-22)26(37-17-21-7-11-23(34-5)12-8-21)19-36-16-15-25(28(32)39-20)31-29(33)40-30(2,3)4/h7-14,20,25-27H,15-19H2,1-6H3,(H,31,33)/t20-,25-,26-,27-/m0/s1. The average Bonchev–Trinajstić information content (AvgIpc) is 2.92. The van der Waals surface area contributed by atoms with Crippen molar-refractivity contribution in [3.05, 3.63) is 59.7 Å². The summed E-state index contributed by atoms with van der Waals surface area (Å²) in [6.45, 7) is 7.93. The molecule has 1 N–H and O–H groups in total. The number of methoxy groups -OCH3 is 2. The van der Waals surface area contributed by atoms with Gasteiger partial charge in [0.15, 0.2) is 0 Å². The summed E-state index contributed by atoms with van der Waals surface area (Å²) < 4.78 is 40.1. The highest BCUT2D eigenvalue weighted by atomic mass is 16.6. The first-order valence-electron chi connectivity index (χ1n) is 13.3. The zero-order chi connectivity index (χ0) is 29.1. The fraction of sp³-hybridized carbons (Fsp3) is 0.533. The van der Waals surface area contributed by atoms with Crippen LogP contribution in [0.4, 0.5) is 4.79 Å². The number of ether oxygens (including phenoxy) is 7. The minimum Gasteiger partial charge on any atom is -0.497 e. The molecule has 0 aliphatic carbocycles. The molecule has 220 valence electrons. The van der Waals surface area contributed by atoms with Gasteiger partial charge in [0.1, 0.15) is 41.5 Å². The van der Waals surface area contributed by atoms with E-state index in [1.54, 1.807) is 41.9 Å². The van der Waals surface area contributed by atoms with Crippen molar-refractivity contribution < 1.29 is 42.7 Å². The van der Waals surface area contributed by atoms with Crippen molar-refractivity contribution in [3.63, 3.8) is 0 Å². The minimum atomic E-state index is -0.934. The van der Waals surface area contributed by atoms with E-state index in [0.29, 0.717) is 6.61 Å². The summed E-state index contributed by atoms with van der Waals surface area (Å²) >= 11 is 0. The third kappa shape index (κ3) is 10.0. The maximum Gasteiger partial charge on any atom is 0.408 e. The van der Waals surface area contributed by atoms with Crippen molar-refractivity contribution >= 4 is 12.1 Å². The van der Waals surface area contributed by atoms with Crippen molar-refractivity contribution in [3.8, 4) is 11.5 Å². The highest BCUT2D eigenvalue weighted by Crippen LogP contribution is 2.21. The number of benzene rings is 2. The molecule has 4 atom stereocenters. The molecular weight excluding hydrogens is 518 g/mol. The van der Waals surface area contributed by atoms with Gasteiger partial charge in [-0.3, -0.25) is 0 Å². The van der Waals surface area contributed by atoms with Crippen LogP contribution < -0.4 is 14.8 Å². The van der Waals surface area contributed by atoms with Crippen LogP contribution in [0.2, 0.25) is 0 Å². The van der Waals surface area contributed by atoms with Crippen molar-refractivity contribution in [1.82, 2.24) is 5.32 Å². The van der Waals surface area contributed by atoms with Crippen molar-refractivity contribution in [2.45, 2.75) is 77.3 Å². The molecule has 0 saturated carbocycles. The minimum absolute atomic E-state index is 0.192. The molecule has 2 aromatic rings. The topological polar surface area (TPSA) is 111 Å². The lowest BCUT2D eigenvalue weighted by molar-refractivity contribution is -0.182. The van der Waals surface area contributed by atoms with Crippen LogP contribution >= 0.6 is 0 Å². The summed E-state index contributed by atoms with van der Waals surface area (Å²) in [5.41, 5.74) is 1.15. The molecule has 0 bridgehead atoms. The third-order valence-electron chi connectivity index (χ3n) is 6.16. The molecule has 1 aliphatic heterocycles. The van der Waals surface area contributed by atoms with E-state index in [9.17, 15) is 9.59 Å². The van der Waals surface area contributed by atoms with Gasteiger partial charge in [-0.25, -0.2) is 9.59 Å². The summed E-state index contributed by atoms with van der Waals surface area (Å²) in [5.74, 6) is 0.889. The number of esters is 1. The van der Waals surface area contributed by atoms with Gasteiger partial charge in [0, 0.05) is 13.0 Å². The maximum absolute atomic E-state index is 13.1. The number of amides is 1. The number of hydrogen-bond donors (Lipinski definition) is 1. The second-order valence-electron chi connectivity index (χ2n) is 10.5. The fourth-order valence-corrected chi connectivity index (χ4v) is 4.05. The van der Waals surface area contributed by atoms with Crippen LogP contribution in [0.5, 0.6) is 11.5 Å². The number of rotatable bonds is 9. The number of hydrogen-bond acceptors (Lipinski definition) is 9. The maximum atomic E-state index is 13.1. The Hall–Kier alpha value is -3.34. The Labute approximate surface area is 236 Å². The summed E-state index contributed by atoms with van der Waals surface area (Å²) in [4.78, 5) is 25.5. The molecule has 10 nitrogen and oxygen atoms in total. The fourth-order valence-electron chi connectivity index (χ4n) is 4.05. The summed E-state index contributed by atoms with van der Waals surface area (Å²) in [6, 6.07) is 14.1. The lowest BCUT2D eigenvalue weighted by Crippen LogP contribution is -2.50.